The highest BCUT2D eigenvalue weighted by Crippen LogP contribution is 2.18. The van der Waals surface area contributed by atoms with E-state index >= 15 is 0 Å². The van der Waals surface area contributed by atoms with E-state index in [-0.39, 0.29) is 24.4 Å². The number of aliphatic hydroxyl groups excluding tert-OH is 1. The van der Waals surface area contributed by atoms with Crippen LogP contribution in [-0.4, -0.2) is 212 Å². The van der Waals surface area contributed by atoms with Crippen molar-refractivity contribution in [1.29, 1.82) is 0 Å². The van der Waals surface area contributed by atoms with Crippen molar-refractivity contribution < 1.29 is 57.3 Å². The van der Waals surface area contributed by atoms with Crippen LogP contribution in [0.1, 0.15) is 92.9 Å². The van der Waals surface area contributed by atoms with E-state index in [2.05, 4.69) is 58.7 Å². The number of halogens is 2. The fraction of sp³-hybridized carbons (Fsp3) is 0.875. The van der Waals surface area contributed by atoms with Gasteiger partial charge in [-0.15, -0.1) is 12.8 Å². The molecular weight excluding hydrogens is 984 g/mol. The number of amides is 2. The van der Waals surface area contributed by atoms with Gasteiger partial charge < -0.3 is 62.9 Å². The highest BCUT2D eigenvalue weighted by Gasteiger charge is 2.28. The van der Waals surface area contributed by atoms with Crippen LogP contribution in [0, 0.1) is 24.7 Å². The van der Waals surface area contributed by atoms with Crippen molar-refractivity contribution in [3.05, 3.63) is 0 Å². The van der Waals surface area contributed by atoms with Gasteiger partial charge in [-0.3, -0.25) is 4.90 Å². The van der Waals surface area contributed by atoms with E-state index < -0.39 is 11.2 Å². The highest BCUT2D eigenvalue weighted by atomic mass is 79.9. The second-order valence-electron chi connectivity index (χ2n) is 17.6. The summed E-state index contributed by atoms with van der Waals surface area (Å²) in [7, 11) is 6.74. The fourth-order valence-corrected chi connectivity index (χ4v) is 6.53. The van der Waals surface area contributed by atoms with Crippen LogP contribution in [0.5, 0.6) is 0 Å². The number of carbonyl (C=O) groups excluding carboxylic acids is 2. The quantitative estimate of drug-likeness (QED) is 0.102. The number of likely N-dealkylation sites (tertiary alicyclic amines) is 3. The van der Waals surface area contributed by atoms with Crippen molar-refractivity contribution in [1.82, 2.24) is 20.0 Å². The van der Waals surface area contributed by atoms with Gasteiger partial charge >= 0.3 is 12.2 Å². The third-order valence-corrected chi connectivity index (χ3v) is 10.3. The minimum Gasteiger partial charge on any atom is -0.444 e. The predicted octanol–water partition coefficient (Wildman–Crippen LogP) is 6.62. The van der Waals surface area contributed by atoms with Crippen LogP contribution in [0.25, 0.3) is 0 Å². The molecule has 2 amide bonds. The number of carbonyl (C=O) groups is 2. The monoisotopic (exact) mass is 1070 g/mol. The lowest BCUT2D eigenvalue weighted by Crippen LogP contribution is -2.43. The average Bonchev–Trinajstić information content (AvgIpc) is 3.28. The molecule has 66 heavy (non-hydrogen) atoms. The standard InChI is InChI=1S/C13H25NO4.C11H19NO2.C10H19NO3.C8H17NO2.C3H7BrO.C3H3Br/c1-13(2,3)18-12(15)14-7-5-11(6-8-14)17-10-9-16-4;1-3-6-12-7-4-11(5-8-12)14-10-9-13-2;1-10(2,3)14-9(13)11-6-4-8(12)5-7-11;1-10-6-7-11-8-2-4-9-5-3-8;1-5-3-2-4;1-2-3-4/h11H,5-10H2,1-4H3;1,11H,4-10H2,2H3;8,12H,4-7H2,1-3H3;8-9H,2-7H2,1H3;2-3H2,1H3;1H,3H2. The number of piperidine rings is 4. The summed E-state index contributed by atoms with van der Waals surface area (Å²) in [4.78, 5) is 29.1. The Balaban J connectivity index is 0. The lowest BCUT2D eigenvalue weighted by atomic mass is 10.1. The summed E-state index contributed by atoms with van der Waals surface area (Å²) in [5.41, 5.74) is -0.865. The van der Waals surface area contributed by atoms with E-state index in [1.165, 1.54) is 0 Å². The number of nitrogens with one attached hydrogen (secondary N) is 1. The molecule has 4 heterocycles. The van der Waals surface area contributed by atoms with Crippen LogP contribution in [0.4, 0.5) is 9.59 Å². The Kier molecular flexibility index (Phi) is 43.5. The molecule has 16 nitrogen and oxygen atoms in total. The molecule has 0 aromatic heterocycles. The van der Waals surface area contributed by atoms with Crippen molar-refractivity contribution >= 4 is 44.0 Å². The number of methoxy groups -OCH3 is 4. The summed E-state index contributed by atoms with van der Waals surface area (Å²) in [6.07, 6.45) is 17.8. The van der Waals surface area contributed by atoms with E-state index in [1.807, 2.05) is 41.5 Å². The summed E-state index contributed by atoms with van der Waals surface area (Å²) in [5, 5.41) is 14.2. The molecule has 0 bridgehead atoms. The van der Waals surface area contributed by atoms with Crippen LogP contribution < -0.4 is 5.32 Å². The van der Waals surface area contributed by atoms with E-state index in [0.717, 1.165) is 89.8 Å². The Morgan fingerprint density at radius 1 is 0.576 bits per heavy atom. The molecular formula is C48H90Br2N4O12. The van der Waals surface area contributed by atoms with Gasteiger partial charge in [0.15, 0.2) is 0 Å². The van der Waals surface area contributed by atoms with Crippen LogP contribution >= 0.6 is 31.9 Å². The smallest absolute Gasteiger partial charge is 0.410 e. The van der Waals surface area contributed by atoms with Crippen molar-refractivity contribution in [2.45, 2.75) is 129 Å². The van der Waals surface area contributed by atoms with Crippen molar-refractivity contribution in [3.63, 3.8) is 0 Å². The largest absolute Gasteiger partial charge is 0.444 e. The Morgan fingerprint density at radius 3 is 1.23 bits per heavy atom. The molecule has 18 heteroatoms. The summed E-state index contributed by atoms with van der Waals surface area (Å²) in [5.74, 6) is 5.02. The van der Waals surface area contributed by atoms with E-state index in [0.29, 0.717) is 89.6 Å². The van der Waals surface area contributed by atoms with Crippen LogP contribution in [0.15, 0.2) is 0 Å². The molecule has 4 fully saturated rings. The first-order valence-corrected chi connectivity index (χ1v) is 25.5. The van der Waals surface area contributed by atoms with Crippen LogP contribution in [0.2, 0.25) is 0 Å². The summed E-state index contributed by atoms with van der Waals surface area (Å²) >= 11 is 6.20. The molecule has 2 N–H and O–H groups in total. The number of alkyl halides is 2. The number of ether oxygens (including phenoxy) is 9. The molecule has 0 aliphatic carbocycles. The number of aliphatic hydroxyl groups is 1. The summed E-state index contributed by atoms with van der Waals surface area (Å²) in [6.45, 7) is 23.7. The lowest BCUT2D eigenvalue weighted by molar-refractivity contribution is -0.0240. The van der Waals surface area contributed by atoms with Crippen molar-refractivity contribution in [2.24, 2.45) is 0 Å². The molecule has 0 aromatic carbocycles. The van der Waals surface area contributed by atoms with Gasteiger partial charge in [-0.25, -0.2) is 9.59 Å². The molecule has 0 unspecified atom stereocenters. The SMILES string of the molecule is C#CCBr.C#CCN1CCC(OCCOC)CC1.CC(C)(C)OC(=O)N1CCC(O)CC1.COCCBr.COCCOC1CCN(C(=O)OC(C)(C)C)CC1.COCCOC1CCNCC1. The first-order valence-electron chi connectivity index (χ1n) is 23.3. The molecule has 0 aromatic rings. The second-order valence-corrected chi connectivity index (χ2v) is 19.0. The molecule has 4 aliphatic heterocycles. The minimum absolute atomic E-state index is 0.224. The highest BCUT2D eigenvalue weighted by molar-refractivity contribution is 9.09. The van der Waals surface area contributed by atoms with E-state index in [4.69, 9.17) is 50.7 Å². The van der Waals surface area contributed by atoms with Crippen molar-refractivity contribution in [3.8, 4) is 24.7 Å². The van der Waals surface area contributed by atoms with Gasteiger partial charge in [-0.2, -0.15) is 0 Å². The molecule has 4 saturated heterocycles. The molecule has 0 radical (unpaired) electrons. The zero-order valence-corrected chi connectivity index (χ0v) is 45.6. The van der Waals surface area contributed by atoms with E-state index in [1.54, 1.807) is 38.2 Å². The zero-order chi connectivity index (χ0) is 50.1. The number of rotatable bonds is 15. The Bertz CT molecular complexity index is 1220. The summed E-state index contributed by atoms with van der Waals surface area (Å²) < 4.78 is 46.8. The first-order chi connectivity index (χ1) is 31.4. The van der Waals surface area contributed by atoms with Crippen LogP contribution in [0.3, 0.4) is 0 Å². The van der Waals surface area contributed by atoms with E-state index in [9.17, 15) is 14.7 Å². The molecule has 4 aliphatic rings. The topological polar surface area (TPSA) is 159 Å². The first kappa shape index (κ1) is 66.3. The van der Waals surface area contributed by atoms with Gasteiger partial charge in [0, 0.05) is 73.0 Å². The molecule has 0 saturated carbocycles. The Hall–Kier alpha value is -1.78. The number of terminal acetylenes is 2. The normalized spacial score (nSPS) is 17.5. The maximum absolute atomic E-state index is 11.8. The third kappa shape index (κ3) is 41.2. The molecule has 388 valence electrons. The van der Waals surface area contributed by atoms with Gasteiger partial charge in [0.1, 0.15) is 11.2 Å². The number of nitrogens with zero attached hydrogens (tertiary/aromatic N) is 3. The predicted molar refractivity (Wildman–Crippen MR) is 270 cm³/mol. The van der Waals surface area contributed by atoms with Crippen molar-refractivity contribution in [2.75, 3.05) is 144 Å². The number of hydrogen-bond acceptors (Lipinski definition) is 14. The third-order valence-electron chi connectivity index (χ3n) is 9.63. The second kappa shape index (κ2) is 43.3. The van der Waals surface area contributed by atoms with Gasteiger partial charge in [0.05, 0.1) is 82.5 Å². The van der Waals surface area contributed by atoms with Gasteiger partial charge in [-0.05, 0) is 106 Å². The lowest BCUT2D eigenvalue weighted by Gasteiger charge is -2.33. The maximum atomic E-state index is 11.8. The Labute approximate surface area is 417 Å². The Morgan fingerprint density at radius 2 is 0.924 bits per heavy atom. The van der Waals surface area contributed by atoms with Gasteiger partial charge in [0.2, 0.25) is 0 Å². The zero-order valence-electron chi connectivity index (χ0n) is 42.4. The average molecular weight is 1080 g/mol. The molecule has 0 spiro atoms. The summed E-state index contributed by atoms with van der Waals surface area (Å²) in [6, 6.07) is 0. The minimum atomic E-state index is -0.437. The maximum Gasteiger partial charge on any atom is 0.410 e. The van der Waals surface area contributed by atoms with Crippen LogP contribution in [-0.2, 0) is 42.6 Å². The molecule has 4 rings (SSSR count). The fourth-order valence-electron chi connectivity index (χ4n) is 6.20. The number of hydrogen-bond donors (Lipinski definition) is 2. The molecule has 0 atom stereocenters. The van der Waals surface area contributed by atoms with Gasteiger partial charge in [-0.1, -0.05) is 43.7 Å². The van der Waals surface area contributed by atoms with Gasteiger partial charge in [0.25, 0.3) is 0 Å².